The minimum absolute atomic E-state index is 0.0267. The molecular formula is C19H21F3N4O3. The van der Waals surface area contributed by atoms with Crippen LogP contribution < -0.4 is 10.6 Å². The maximum absolute atomic E-state index is 12.1. The molecule has 0 saturated carbocycles. The second kappa shape index (κ2) is 10.4. The Balaban J connectivity index is 1.83. The first-order chi connectivity index (χ1) is 13.8. The molecule has 0 atom stereocenters. The third-order valence-corrected chi connectivity index (χ3v) is 3.88. The van der Waals surface area contributed by atoms with Crippen LogP contribution in [0.2, 0.25) is 0 Å². The van der Waals surface area contributed by atoms with Crippen LogP contribution >= 0.6 is 0 Å². The van der Waals surface area contributed by atoms with Gasteiger partial charge in [0, 0.05) is 31.8 Å². The number of alkyl halides is 3. The Morgan fingerprint density at radius 1 is 1.07 bits per heavy atom. The number of nitrogens with zero attached hydrogens (tertiary/aromatic N) is 2. The van der Waals surface area contributed by atoms with Crippen molar-refractivity contribution in [3.05, 3.63) is 75.3 Å². The quantitative estimate of drug-likeness (QED) is 0.301. The maximum atomic E-state index is 12.1. The molecule has 0 heterocycles. The van der Waals surface area contributed by atoms with Gasteiger partial charge in [0.25, 0.3) is 5.69 Å². The van der Waals surface area contributed by atoms with Crippen LogP contribution in [0, 0.1) is 10.1 Å². The SMILES string of the molecule is CN=C(NCc1ccc(COCC(F)(F)F)cc1)NCc1ccccc1[N+](=O)[O-]. The van der Waals surface area contributed by atoms with E-state index in [0.717, 1.165) is 5.56 Å². The van der Waals surface area contributed by atoms with E-state index in [0.29, 0.717) is 23.6 Å². The summed E-state index contributed by atoms with van der Waals surface area (Å²) in [6, 6.07) is 13.4. The highest BCUT2D eigenvalue weighted by Gasteiger charge is 2.27. The number of ether oxygens (including phenoxy) is 1. The Kier molecular flexibility index (Phi) is 7.96. The van der Waals surface area contributed by atoms with Gasteiger partial charge in [0.2, 0.25) is 0 Å². The van der Waals surface area contributed by atoms with Gasteiger partial charge < -0.3 is 15.4 Å². The van der Waals surface area contributed by atoms with Crippen molar-refractivity contribution >= 4 is 11.6 Å². The van der Waals surface area contributed by atoms with E-state index in [-0.39, 0.29) is 18.8 Å². The summed E-state index contributed by atoms with van der Waals surface area (Å²) in [7, 11) is 1.58. The molecule has 0 aliphatic carbocycles. The molecule has 2 rings (SSSR count). The van der Waals surface area contributed by atoms with Gasteiger partial charge in [0.15, 0.2) is 5.96 Å². The summed E-state index contributed by atoms with van der Waals surface area (Å²) < 4.78 is 40.9. The van der Waals surface area contributed by atoms with E-state index < -0.39 is 17.7 Å². The molecule has 2 aromatic rings. The van der Waals surface area contributed by atoms with Crippen molar-refractivity contribution in [1.29, 1.82) is 0 Å². The van der Waals surface area contributed by atoms with Gasteiger partial charge in [-0.3, -0.25) is 15.1 Å². The number of nitrogens with one attached hydrogen (secondary N) is 2. The highest BCUT2D eigenvalue weighted by atomic mass is 19.4. The fraction of sp³-hybridized carbons (Fsp3) is 0.316. The van der Waals surface area contributed by atoms with Gasteiger partial charge in [-0.15, -0.1) is 0 Å². The zero-order valence-corrected chi connectivity index (χ0v) is 15.7. The average molecular weight is 410 g/mol. The monoisotopic (exact) mass is 410 g/mol. The fourth-order valence-corrected chi connectivity index (χ4v) is 2.46. The number of halogens is 3. The van der Waals surface area contributed by atoms with Crippen molar-refractivity contribution in [3.8, 4) is 0 Å². The van der Waals surface area contributed by atoms with Gasteiger partial charge in [0.1, 0.15) is 6.61 Å². The Labute approximate surface area is 165 Å². The zero-order chi connectivity index (χ0) is 21.3. The molecule has 0 aliphatic rings. The molecule has 0 amide bonds. The van der Waals surface area contributed by atoms with Gasteiger partial charge in [0.05, 0.1) is 11.5 Å². The lowest BCUT2D eigenvalue weighted by Gasteiger charge is -2.12. The van der Waals surface area contributed by atoms with E-state index in [1.165, 1.54) is 6.07 Å². The number of hydrogen-bond acceptors (Lipinski definition) is 4. The molecule has 2 aromatic carbocycles. The first-order valence-corrected chi connectivity index (χ1v) is 8.67. The molecule has 2 N–H and O–H groups in total. The average Bonchev–Trinajstić information content (AvgIpc) is 2.68. The molecule has 0 bridgehead atoms. The van der Waals surface area contributed by atoms with Gasteiger partial charge in [-0.05, 0) is 11.1 Å². The molecule has 156 valence electrons. The lowest BCUT2D eigenvalue weighted by molar-refractivity contribution is -0.385. The molecule has 0 unspecified atom stereocenters. The normalized spacial score (nSPS) is 11.9. The van der Waals surface area contributed by atoms with Crippen molar-refractivity contribution in [2.24, 2.45) is 4.99 Å². The number of nitro groups is 1. The van der Waals surface area contributed by atoms with E-state index >= 15 is 0 Å². The largest absolute Gasteiger partial charge is 0.411 e. The molecule has 0 aliphatic heterocycles. The topological polar surface area (TPSA) is 88.8 Å². The zero-order valence-electron chi connectivity index (χ0n) is 15.7. The third kappa shape index (κ3) is 7.78. The van der Waals surface area contributed by atoms with Crippen molar-refractivity contribution < 1.29 is 22.8 Å². The van der Waals surface area contributed by atoms with E-state index in [4.69, 9.17) is 0 Å². The van der Waals surface area contributed by atoms with Gasteiger partial charge in [-0.25, -0.2) is 0 Å². The molecule has 0 aromatic heterocycles. The second-order valence-corrected chi connectivity index (χ2v) is 6.09. The van der Waals surface area contributed by atoms with Crippen LogP contribution in [0.15, 0.2) is 53.5 Å². The molecule has 0 radical (unpaired) electrons. The van der Waals surface area contributed by atoms with E-state index in [1.807, 2.05) is 0 Å². The predicted octanol–water partition coefficient (Wildman–Crippen LogP) is 3.54. The summed E-state index contributed by atoms with van der Waals surface area (Å²) in [5.41, 5.74) is 2.08. The standard InChI is InChI=1S/C19H21F3N4O3/c1-23-18(25-11-16-4-2-3-5-17(16)26(27)28)24-10-14-6-8-15(9-7-14)12-29-13-19(20,21)22/h2-9H,10-13H2,1H3,(H2,23,24,25). The maximum Gasteiger partial charge on any atom is 0.411 e. The van der Waals surface area contributed by atoms with Gasteiger partial charge in [-0.2, -0.15) is 13.2 Å². The molecule has 0 spiro atoms. The smallest absolute Gasteiger partial charge is 0.367 e. The van der Waals surface area contributed by atoms with Crippen LogP contribution in [0.5, 0.6) is 0 Å². The molecule has 29 heavy (non-hydrogen) atoms. The summed E-state index contributed by atoms with van der Waals surface area (Å²) in [4.78, 5) is 14.7. The number of hydrogen-bond donors (Lipinski definition) is 2. The summed E-state index contributed by atoms with van der Waals surface area (Å²) >= 11 is 0. The number of benzene rings is 2. The Bertz CT molecular complexity index is 839. The van der Waals surface area contributed by atoms with Crippen molar-refractivity contribution in [1.82, 2.24) is 10.6 Å². The molecule has 0 fully saturated rings. The van der Waals surface area contributed by atoms with E-state index in [1.54, 1.807) is 49.5 Å². The molecule has 0 saturated heterocycles. The first-order valence-electron chi connectivity index (χ1n) is 8.67. The third-order valence-electron chi connectivity index (χ3n) is 3.88. The van der Waals surface area contributed by atoms with Crippen LogP contribution in [0.4, 0.5) is 18.9 Å². The van der Waals surface area contributed by atoms with Gasteiger partial charge >= 0.3 is 6.18 Å². The number of guanidine groups is 1. The van der Waals surface area contributed by atoms with Crippen LogP contribution in [0.3, 0.4) is 0 Å². The summed E-state index contributed by atoms with van der Waals surface area (Å²) in [6.07, 6.45) is -4.34. The molecule has 10 heteroatoms. The summed E-state index contributed by atoms with van der Waals surface area (Å²) in [5, 5.41) is 17.1. The van der Waals surface area contributed by atoms with Crippen LogP contribution in [-0.4, -0.2) is 30.7 Å². The van der Waals surface area contributed by atoms with Crippen LogP contribution in [0.1, 0.15) is 16.7 Å². The first kappa shape index (κ1) is 22.2. The Hall–Kier alpha value is -3.14. The number of para-hydroxylation sites is 1. The van der Waals surface area contributed by atoms with Crippen molar-refractivity contribution in [3.63, 3.8) is 0 Å². The number of aliphatic imine (C=N–C) groups is 1. The van der Waals surface area contributed by atoms with Crippen LogP contribution in [-0.2, 0) is 24.4 Å². The second-order valence-electron chi connectivity index (χ2n) is 6.09. The molecule has 7 nitrogen and oxygen atoms in total. The lowest BCUT2D eigenvalue weighted by atomic mass is 10.1. The Morgan fingerprint density at radius 2 is 1.69 bits per heavy atom. The van der Waals surface area contributed by atoms with Crippen molar-refractivity contribution in [2.75, 3.05) is 13.7 Å². The lowest BCUT2D eigenvalue weighted by Crippen LogP contribution is -2.36. The van der Waals surface area contributed by atoms with Crippen molar-refractivity contribution in [2.45, 2.75) is 25.9 Å². The summed E-state index contributed by atoms with van der Waals surface area (Å²) in [6.45, 7) is -0.753. The Morgan fingerprint density at radius 3 is 2.31 bits per heavy atom. The number of nitro benzene ring substituents is 1. The predicted molar refractivity (Wildman–Crippen MR) is 102 cm³/mol. The van der Waals surface area contributed by atoms with Gasteiger partial charge in [-0.1, -0.05) is 42.5 Å². The molecular weight excluding hydrogens is 389 g/mol. The number of rotatable bonds is 8. The van der Waals surface area contributed by atoms with Crippen LogP contribution in [0.25, 0.3) is 0 Å². The highest BCUT2D eigenvalue weighted by molar-refractivity contribution is 5.79. The minimum Gasteiger partial charge on any atom is -0.367 e. The van der Waals surface area contributed by atoms with E-state index in [9.17, 15) is 23.3 Å². The fourth-order valence-electron chi connectivity index (χ4n) is 2.46. The highest BCUT2D eigenvalue weighted by Crippen LogP contribution is 2.17. The minimum atomic E-state index is -4.34. The summed E-state index contributed by atoms with van der Waals surface area (Å²) in [5.74, 6) is 0.459. The van der Waals surface area contributed by atoms with E-state index in [2.05, 4.69) is 20.4 Å².